The van der Waals surface area contributed by atoms with Gasteiger partial charge >= 0.3 is 5.69 Å². The zero-order valence-corrected chi connectivity index (χ0v) is 10.9. The first-order valence-electron chi connectivity index (χ1n) is 5.68. The van der Waals surface area contributed by atoms with Gasteiger partial charge in [-0.25, -0.2) is 4.68 Å². The predicted molar refractivity (Wildman–Crippen MR) is 68.8 cm³/mol. The van der Waals surface area contributed by atoms with Gasteiger partial charge in [0.2, 0.25) is 5.82 Å². The Kier molecular flexibility index (Phi) is 3.56. The first-order chi connectivity index (χ1) is 8.15. The van der Waals surface area contributed by atoms with E-state index in [1.54, 1.807) is 11.7 Å². The maximum Gasteiger partial charge on any atom is 0.334 e. The second-order valence-corrected chi connectivity index (χ2v) is 5.18. The molecule has 0 N–H and O–H groups in total. The van der Waals surface area contributed by atoms with Gasteiger partial charge in [-0.15, -0.1) is 0 Å². The van der Waals surface area contributed by atoms with Crippen molar-refractivity contribution < 1.29 is 4.92 Å². The molecule has 0 spiro atoms. The van der Waals surface area contributed by atoms with Crippen LogP contribution in [0.25, 0.3) is 0 Å². The molecule has 1 aromatic heterocycles. The van der Waals surface area contributed by atoms with Crippen molar-refractivity contribution in [1.29, 1.82) is 0 Å². The van der Waals surface area contributed by atoms with Crippen LogP contribution in [-0.2, 0) is 13.5 Å². The Labute approximate surface area is 104 Å². The molecule has 1 aromatic rings. The minimum Gasteiger partial charge on any atom is -0.349 e. The Morgan fingerprint density at radius 1 is 1.47 bits per heavy atom. The maximum atomic E-state index is 11.2. The summed E-state index contributed by atoms with van der Waals surface area (Å²) in [4.78, 5) is 12.9. The lowest BCUT2D eigenvalue weighted by molar-refractivity contribution is -0.384. The van der Waals surface area contributed by atoms with Crippen LogP contribution >= 0.6 is 11.8 Å². The molecular weight excluding hydrogens is 240 g/mol. The van der Waals surface area contributed by atoms with E-state index in [1.165, 1.54) is 0 Å². The fourth-order valence-electron chi connectivity index (χ4n) is 2.11. The van der Waals surface area contributed by atoms with Gasteiger partial charge in [0.15, 0.2) is 0 Å². The number of rotatable bonds is 3. The van der Waals surface area contributed by atoms with Crippen molar-refractivity contribution in [3.63, 3.8) is 0 Å². The lowest BCUT2D eigenvalue weighted by atomic mass is 10.3. The summed E-state index contributed by atoms with van der Waals surface area (Å²) in [6, 6.07) is 0. The summed E-state index contributed by atoms with van der Waals surface area (Å²) in [5, 5.41) is 15.4. The zero-order chi connectivity index (χ0) is 12.4. The van der Waals surface area contributed by atoms with E-state index in [4.69, 9.17) is 0 Å². The molecule has 1 saturated heterocycles. The standard InChI is InChI=1S/C10H16N4O2S/c1-3-8-9(14(15)16)10(12(2)11-8)13-4-6-17-7-5-13/h3-7H2,1-2H3. The van der Waals surface area contributed by atoms with Crippen LogP contribution in [-0.4, -0.2) is 39.3 Å². The fraction of sp³-hybridized carbons (Fsp3) is 0.700. The van der Waals surface area contributed by atoms with Crippen molar-refractivity contribution in [2.75, 3.05) is 29.5 Å². The number of thioether (sulfide) groups is 1. The van der Waals surface area contributed by atoms with Gasteiger partial charge in [0, 0.05) is 31.6 Å². The minimum absolute atomic E-state index is 0.182. The first-order valence-corrected chi connectivity index (χ1v) is 6.83. The highest BCUT2D eigenvalue weighted by Crippen LogP contribution is 2.32. The third kappa shape index (κ3) is 2.24. The van der Waals surface area contributed by atoms with Gasteiger partial charge in [-0.1, -0.05) is 6.92 Å². The molecule has 94 valence electrons. The molecule has 1 aliphatic heterocycles. The van der Waals surface area contributed by atoms with Gasteiger partial charge in [-0.2, -0.15) is 16.9 Å². The van der Waals surface area contributed by atoms with Crippen LogP contribution in [0.15, 0.2) is 0 Å². The minimum atomic E-state index is -0.303. The fourth-order valence-corrected chi connectivity index (χ4v) is 3.02. The molecule has 0 amide bonds. The van der Waals surface area contributed by atoms with E-state index in [2.05, 4.69) is 10.00 Å². The summed E-state index contributed by atoms with van der Waals surface area (Å²) >= 11 is 1.88. The largest absolute Gasteiger partial charge is 0.349 e. The Balaban J connectivity index is 2.43. The number of hydrogen-bond donors (Lipinski definition) is 0. The van der Waals surface area contributed by atoms with Gasteiger partial charge in [0.05, 0.1) is 4.92 Å². The number of hydrogen-bond acceptors (Lipinski definition) is 5. The van der Waals surface area contributed by atoms with Gasteiger partial charge in [0.1, 0.15) is 5.69 Å². The van der Waals surface area contributed by atoms with E-state index in [1.807, 2.05) is 18.7 Å². The van der Waals surface area contributed by atoms with Crippen LogP contribution in [0, 0.1) is 10.1 Å². The summed E-state index contributed by atoms with van der Waals surface area (Å²) in [5.41, 5.74) is 0.757. The third-order valence-corrected chi connectivity index (χ3v) is 3.83. The molecule has 0 radical (unpaired) electrons. The van der Waals surface area contributed by atoms with Crippen LogP contribution in [0.2, 0.25) is 0 Å². The molecule has 0 bridgehead atoms. The average Bonchev–Trinajstić information content (AvgIpc) is 2.67. The number of aryl methyl sites for hydroxylation is 2. The summed E-state index contributed by atoms with van der Waals surface area (Å²) in [6.45, 7) is 3.60. The second kappa shape index (κ2) is 4.95. The van der Waals surface area contributed by atoms with E-state index in [-0.39, 0.29) is 10.6 Å². The first kappa shape index (κ1) is 12.2. The molecule has 0 unspecified atom stereocenters. The SMILES string of the molecule is CCc1nn(C)c(N2CCSCC2)c1[N+](=O)[O-]. The zero-order valence-electron chi connectivity index (χ0n) is 10.0. The monoisotopic (exact) mass is 256 g/mol. The van der Waals surface area contributed by atoms with Gasteiger partial charge < -0.3 is 4.90 Å². The second-order valence-electron chi connectivity index (χ2n) is 3.95. The molecule has 0 atom stereocenters. The molecule has 17 heavy (non-hydrogen) atoms. The number of aromatic nitrogens is 2. The van der Waals surface area contributed by atoms with Gasteiger partial charge in [-0.05, 0) is 6.42 Å². The lowest BCUT2D eigenvalue weighted by Crippen LogP contribution is -2.34. The van der Waals surface area contributed by atoms with Crippen LogP contribution in [0.4, 0.5) is 11.5 Å². The van der Waals surface area contributed by atoms with E-state index in [0.29, 0.717) is 17.9 Å². The van der Waals surface area contributed by atoms with E-state index >= 15 is 0 Å². The topological polar surface area (TPSA) is 64.2 Å². The van der Waals surface area contributed by atoms with Crippen molar-refractivity contribution in [2.24, 2.45) is 7.05 Å². The summed E-state index contributed by atoms with van der Waals surface area (Å²) in [7, 11) is 1.78. The van der Waals surface area contributed by atoms with Crippen molar-refractivity contribution in [3.05, 3.63) is 15.8 Å². The molecule has 1 aliphatic rings. The molecule has 1 fully saturated rings. The molecule has 6 nitrogen and oxygen atoms in total. The predicted octanol–water partition coefficient (Wildman–Crippen LogP) is 1.44. The molecular formula is C10H16N4O2S. The highest BCUT2D eigenvalue weighted by Gasteiger charge is 2.30. The number of anilines is 1. The number of nitrogens with zero attached hydrogens (tertiary/aromatic N) is 4. The lowest BCUT2D eigenvalue weighted by Gasteiger charge is -2.27. The molecule has 2 heterocycles. The Bertz CT molecular complexity index is 426. The Morgan fingerprint density at radius 3 is 2.65 bits per heavy atom. The van der Waals surface area contributed by atoms with Crippen LogP contribution in [0.1, 0.15) is 12.6 Å². The number of nitro groups is 1. The highest BCUT2D eigenvalue weighted by atomic mass is 32.2. The molecule has 2 rings (SSSR count). The van der Waals surface area contributed by atoms with Gasteiger partial charge in [-0.3, -0.25) is 10.1 Å². The van der Waals surface area contributed by atoms with Crippen LogP contribution in [0.5, 0.6) is 0 Å². The van der Waals surface area contributed by atoms with Crippen LogP contribution in [0.3, 0.4) is 0 Å². The highest BCUT2D eigenvalue weighted by molar-refractivity contribution is 7.99. The van der Waals surface area contributed by atoms with E-state index in [9.17, 15) is 10.1 Å². The molecule has 0 aromatic carbocycles. The average molecular weight is 256 g/mol. The summed E-state index contributed by atoms with van der Waals surface area (Å²) in [5.74, 6) is 2.69. The van der Waals surface area contributed by atoms with Crippen molar-refractivity contribution in [3.8, 4) is 0 Å². The third-order valence-electron chi connectivity index (χ3n) is 2.89. The Morgan fingerprint density at radius 2 is 2.12 bits per heavy atom. The molecule has 0 saturated carbocycles. The normalized spacial score (nSPS) is 16.2. The van der Waals surface area contributed by atoms with Crippen molar-refractivity contribution in [2.45, 2.75) is 13.3 Å². The van der Waals surface area contributed by atoms with E-state index < -0.39 is 0 Å². The molecule has 7 heteroatoms. The quantitative estimate of drug-likeness (QED) is 0.605. The summed E-state index contributed by atoms with van der Waals surface area (Å²) < 4.78 is 1.65. The van der Waals surface area contributed by atoms with Crippen LogP contribution < -0.4 is 4.90 Å². The smallest absolute Gasteiger partial charge is 0.334 e. The molecule has 0 aliphatic carbocycles. The Hall–Kier alpha value is -1.24. The maximum absolute atomic E-state index is 11.2. The van der Waals surface area contributed by atoms with E-state index in [0.717, 1.165) is 24.6 Å². The van der Waals surface area contributed by atoms with Gasteiger partial charge in [0.25, 0.3) is 0 Å². The summed E-state index contributed by atoms with van der Waals surface area (Å²) in [6.07, 6.45) is 0.590. The van der Waals surface area contributed by atoms with Crippen molar-refractivity contribution >= 4 is 23.3 Å². The van der Waals surface area contributed by atoms with Crippen molar-refractivity contribution in [1.82, 2.24) is 9.78 Å².